The van der Waals surface area contributed by atoms with Crippen molar-refractivity contribution < 1.29 is 9.90 Å². The molecule has 1 saturated carbocycles. The first-order valence-electron chi connectivity index (χ1n) is 3.03. The number of carboxylic acids is 1. The van der Waals surface area contributed by atoms with Crippen LogP contribution in [0.3, 0.4) is 0 Å². The Morgan fingerprint density at radius 1 is 1.33 bits per heavy atom. The van der Waals surface area contributed by atoms with Gasteiger partial charge in [0.25, 0.3) is 0 Å². The maximum atomic E-state index is 10.2. The molecule has 2 nitrogen and oxygen atoms in total. The van der Waals surface area contributed by atoms with E-state index in [1.807, 2.05) is 0 Å². The van der Waals surface area contributed by atoms with Crippen LogP contribution in [0, 0.1) is 5.92 Å². The molecule has 1 rings (SSSR count). The molecule has 1 N–H and O–H groups in total. The van der Waals surface area contributed by atoms with Gasteiger partial charge in [-0.15, -0.1) is 0 Å². The Labute approximate surface area is 97.4 Å². The van der Waals surface area contributed by atoms with Crippen molar-refractivity contribution in [2.45, 2.75) is 25.7 Å². The van der Waals surface area contributed by atoms with Crippen molar-refractivity contribution >= 4 is 57.4 Å². The zero-order valence-electron chi connectivity index (χ0n) is 4.76. The molecule has 0 aromatic carbocycles. The molecule has 1 fully saturated rings. The number of hydrogen-bond acceptors (Lipinski definition) is 1. The van der Waals surface area contributed by atoms with Gasteiger partial charge in [-0.2, -0.15) is 0 Å². The van der Waals surface area contributed by atoms with Crippen molar-refractivity contribution in [3.8, 4) is 0 Å². The molecule has 9 heavy (non-hydrogen) atoms. The fraction of sp³-hybridized carbons (Fsp3) is 0.833. The van der Waals surface area contributed by atoms with E-state index in [-0.39, 0.29) is 57.3 Å². The summed E-state index contributed by atoms with van der Waals surface area (Å²) >= 11 is 0. The molecule has 0 radical (unpaired) electrons. The second-order valence-corrected chi connectivity index (χ2v) is 2.32. The van der Waals surface area contributed by atoms with E-state index in [0.29, 0.717) is 0 Å². The topological polar surface area (TPSA) is 37.3 Å². The average Bonchev–Trinajstić information content (AvgIpc) is 2.12. The molecule has 0 saturated heterocycles. The molecule has 0 aliphatic heterocycles. The Morgan fingerprint density at radius 2 is 1.78 bits per heavy atom. The van der Waals surface area contributed by atoms with Crippen molar-refractivity contribution in [3.63, 3.8) is 0 Å². The van der Waals surface area contributed by atoms with E-state index in [1.54, 1.807) is 0 Å². The van der Waals surface area contributed by atoms with Crippen LogP contribution in [0.5, 0.6) is 0 Å². The second-order valence-electron chi connectivity index (χ2n) is 2.32. The summed E-state index contributed by atoms with van der Waals surface area (Å²) in [4.78, 5) is 10.2. The van der Waals surface area contributed by atoms with Crippen LogP contribution in [0.1, 0.15) is 25.7 Å². The van der Waals surface area contributed by atoms with Gasteiger partial charge in [0.05, 0.1) is 5.92 Å². The number of rotatable bonds is 1. The third kappa shape index (κ3) is 3.14. The number of hydrogen-bond donors (Lipinski definition) is 1. The van der Waals surface area contributed by atoms with Gasteiger partial charge in [0, 0.05) is 0 Å². The van der Waals surface area contributed by atoms with E-state index in [2.05, 4.69) is 0 Å². The number of carbonyl (C=O) groups is 1. The molecule has 0 bridgehead atoms. The van der Waals surface area contributed by atoms with Crippen LogP contribution < -0.4 is 0 Å². The van der Waals surface area contributed by atoms with Crippen LogP contribution >= 0.6 is 0 Å². The van der Waals surface area contributed by atoms with Gasteiger partial charge in [-0.3, -0.25) is 4.79 Å². The van der Waals surface area contributed by atoms with E-state index >= 15 is 0 Å². The summed E-state index contributed by atoms with van der Waals surface area (Å²) in [7, 11) is 0. The van der Waals surface area contributed by atoms with E-state index in [0.717, 1.165) is 25.7 Å². The van der Waals surface area contributed by atoms with Crippen molar-refractivity contribution in [2.24, 2.45) is 5.92 Å². The van der Waals surface area contributed by atoms with Crippen LogP contribution in [0.25, 0.3) is 0 Å². The van der Waals surface area contributed by atoms with Crippen molar-refractivity contribution in [3.05, 3.63) is 0 Å². The van der Waals surface area contributed by atoms with Crippen LogP contribution in [0.4, 0.5) is 0 Å². The summed E-state index contributed by atoms with van der Waals surface area (Å²) in [5, 5.41) is 8.41. The summed E-state index contributed by atoms with van der Waals surface area (Å²) in [6.07, 6.45) is 4.01. The van der Waals surface area contributed by atoms with Gasteiger partial charge in [0.2, 0.25) is 0 Å². The molecule has 0 amide bonds. The molecule has 0 atom stereocenters. The molecule has 1 aliphatic carbocycles. The van der Waals surface area contributed by atoms with Crippen molar-refractivity contribution in [1.29, 1.82) is 0 Å². The molecule has 0 aromatic rings. The minimum atomic E-state index is -0.609. The fourth-order valence-electron chi connectivity index (χ4n) is 1.17. The fourth-order valence-corrected chi connectivity index (χ4v) is 1.17. The van der Waals surface area contributed by atoms with Crippen molar-refractivity contribution in [1.82, 2.24) is 0 Å². The van der Waals surface area contributed by atoms with Gasteiger partial charge in [-0.1, -0.05) is 12.8 Å². The SMILES string of the molecule is O=C(O)C1CCCC1.[KH]. The summed E-state index contributed by atoms with van der Waals surface area (Å²) in [5.41, 5.74) is 0. The van der Waals surface area contributed by atoms with Gasteiger partial charge in [0.15, 0.2) is 0 Å². The van der Waals surface area contributed by atoms with Crippen LogP contribution in [-0.2, 0) is 4.79 Å². The van der Waals surface area contributed by atoms with E-state index in [1.165, 1.54) is 0 Å². The average molecular weight is 154 g/mol. The minimum absolute atomic E-state index is 0. The molecule has 0 aromatic heterocycles. The standard InChI is InChI=1S/C6H10O2.K.H/c7-6(8)5-3-1-2-4-5;;/h5H,1-4H2,(H,7,8);;. The molecular formula is C6H11KO2. The Kier molecular flexibility index (Phi) is 5.45. The molecule has 3 heteroatoms. The quantitative estimate of drug-likeness (QED) is 0.562. The predicted octanol–water partition coefficient (Wildman–Crippen LogP) is 0.613. The monoisotopic (exact) mass is 154 g/mol. The molecule has 0 spiro atoms. The van der Waals surface area contributed by atoms with Crippen LogP contribution in [-0.4, -0.2) is 62.5 Å². The summed E-state index contributed by atoms with van der Waals surface area (Å²) < 4.78 is 0. The third-order valence-electron chi connectivity index (χ3n) is 1.70. The van der Waals surface area contributed by atoms with E-state index in [9.17, 15) is 4.79 Å². The van der Waals surface area contributed by atoms with E-state index < -0.39 is 5.97 Å². The summed E-state index contributed by atoms with van der Waals surface area (Å²) in [5.74, 6) is -0.627. The third-order valence-corrected chi connectivity index (χ3v) is 1.70. The van der Waals surface area contributed by atoms with E-state index in [4.69, 9.17) is 5.11 Å². The molecule has 1 aliphatic rings. The second kappa shape index (κ2) is 4.85. The number of aliphatic carboxylic acids is 1. The normalized spacial score (nSPS) is 19.1. The number of carboxylic acid groups (broad SMARTS) is 1. The molecular weight excluding hydrogens is 143 g/mol. The summed E-state index contributed by atoms with van der Waals surface area (Å²) in [6, 6.07) is 0. The molecule has 0 heterocycles. The zero-order valence-corrected chi connectivity index (χ0v) is 4.76. The van der Waals surface area contributed by atoms with Gasteiger partial charge < -0.3 is 5.11 Å². The first-order chi connectivity index (χ1) is 3.80. The molecule has 0 unspecified atom stereocenters. The van der Waals surface area contributed by atoms with Gasteiger partial charge in [0.1, 0.15) is 0 Å². The zero-order chi connectivity index (χ0) is 5.98. The first-order valence-corrected chi connectivity index (χ1v) is 3.03. The first kappa shape index (κ1) is 10.1. The Bertz CT molecular complexity index is 97.2. The predicted molar refractivity (Wildman–Crippen MR) is 36.7 cm³/mol. The van der Waals surface area contributed by atoms with Gasteiger partial charge in [-0.05, 0) is 12.8 Å². The van der Waals surface area contributed by atoms with Crippen molar-refractivity contribution in [2.75, 3.05) is 0 Å². The summed E-state index contributed by atoms with van der Waals surface area (Å²) in [6.45, 7) is 0. The van der Waals surface area contributed by atoms with Crippen LogP contribution in [0.2, 0.25) is 0 Å². The van der Waals surface area contributed by atoms with Crippen LogP contribution in [0.15, 0.2) is 0 Å². The Hall–Kier alpha value is 1.11. The van der Waals surface area contributed by atoms with Gasteiger partial charge in [-0.25, -0.2) is 0 Å². The Morgan fingerprint density at radius 3 is 2.00 bits per heavy atom. The maximum absolute atomic E-state index is 10.2. The Balaban J connectivity index is 0.000000640. The molecule has 48 valence electrons. The van der Waals surface area contributed by atoms with Gasteiger partial charge >= 0.3 is 57.4 Å².